The number of anilines is 2. The van der Waals surface area contributed by atoms with Crippen molar-refractivity contribution in [3.05, 3.63) is 78.0 Å². The van der Waals surface area contributed by atoms with Crippen molar-refractivity contribution in [2.75, 3.05) is 17.2 Å². The Bertz CT molecular complexity index is 1010. The second kappa shape index (κ2) is 9.83. The molecule has 30 heavy (non-hydrogen) atoms. The molecule has 0 saturated heterocycles. The second-order valence-corrected chi connectivity index (χ2v) is 7.09. The van der Waals surface area contributed by atoms with Crippen molar-refractivity contribution in [1.82, 2.24) is 4.98 Å². The van der Waals surface area contributed by atoms with E-state index in [4.69, 9.17) is 5.73 Å². The van der Waals surface area contributed by atoms with Crippen LogP contribution in [0, 0.1) is 0 Å². The van der Waals surface area contributed by atoms with Crippen LogP contribution in [0.2, 0.25) is 0 Å². The standard InChI is InChI=1S/C25H27N3O2/c1-3-24(30)28(4-2)22-14-11-19(12-15-22)18-7-9-20(10-8-18)23(29)16-13-21-6-5-17-27-25(21)26/h5-12,14-15,17H,3-4,13,16H2,1-2H3,(H2,26,27). The lowest BCUT2D eigenvalue weighted by atomic mass is 9.99. The Hall–Kier alpha value is -3.47. The van der Waals surface area contributed by atoms with E-state index in [9.17, 15) is 9.59 Å². The van der Waals surface area contributed by atoms with Crippen molar-refractivity contribution in [2.45, 2.75) is 33.1 Å². The molecule has 0 bridgehead atoms. The van der Waals surface area contributed by atoms with Crippen molar-refractivity contribution in [3.63, 3.8) is 0 Å². The van der Waals surface area contributed by atoms with Gasteiger partial charge in [-0.1, -0.05) is 49.4 Å². The first kappa shape index (κ1) is 21.2. The molecular formula is C25H27N3O2. The van der Waals surface area contributed by atoms with E-state index in [-0.39, 0.29) is 11.7 Å². The van der Waals surface area contributed by atoms with Crippen LogP contribution in [0.3, 0.4) is 0 Å². The summed E-state index contributed by atoms with van der Waals surface area (Å²) in [4.78, 5) is 30.4. The molecule has 0 aliphatic rings. The van der Waals surface area contributed by atoms with Crippen LogP contribution in [0.1, 0.15) is 42.6 Å². The number of carbonyl (C=O) groups excluding carboxylic acids is 2. The highest BCUT2D eigenvalue weighted by Crippen LogP contribution is 2.24. The number of pyridine rings is 1. The minimum absolute atomic E-state index is 0.0804. The molecule has 0 spiro atoms. The number of nitrogens with zero attached hydrogens (tertiary/aromatic N) is 2. The zero-order valence-corrected chi connectivity index (χ0v) is 17.5. The van der Waals surface area contributed by atoms with Gasteiger partial charge in [-0.2, -0.15) is 0 Å². The predicted octanol–water partition coefficient (Wildman–Crippen LogP) is 4.91. The molecular weight excluding hydrogens is 374 g/mol. The van der Waals surface area contributed by atoms with E-state index in [0.717, 1.165) is 22.4 Å². The van der Waals surface area contributed by atoms with Gasteiger partial charge in [0.1, 0.15) is 5.82 Å². The molecule has 3 rings (SSSR count). The highest BCUT2D eigenvalue weighted by atomic mass is 16.2. The van der Waals surface area contributed by atoms with E-state index >= 15 is 0 Å². The normalized spacial score (nSPS) is 10.6. The molecule has 0 radical (unpaired) electrons. The molecule has 1 amide bonds. The maximum absolute atomic E-state index is 12.5. The molecule has 154 valence electrons. The number of benzene rings is 2. The average molecular weight is 402 g/mol. The van der Waals surface area contributed by atoms with Gasteiger partial charge in [-0.05, 0) is 48.2 Å². The van der Waals surface area contributed by atoms with Gasteiger partial charge >= 0.3 is 0 Å². The summed E-state index contributed by atoms with van der Waals surface area (Å²) < 4.78 is 0. The summed E-state index contributed by atoms with van der Waals surface area (Å²) in [7, 11) is 0. The largest absolute Gasteiger partial charge is 0.383 e. The van der Waals surface area contributed by atoms with Gasteiger partial charge in [-0.3, -0.25) is 9.59 Å². The third-order valence-electron chi connectivity index (χ3n) is 5.19. The number of aromatic nitrogens is 1. The van der Waals surface area contributed by atoms with E-state index < -0.39 is 0 Å². The highest BCUT2D eigenvalue weighted by molar-refractivity contribution is 5.97. The zero-order chi connectivity index (χ0) is 21.5. The quantitative estimate of drug-likeness (QED) is 0.544. The third kappa shape index (κ3) is 4.92. The van der Waals surface area contributed by atoms with Gasteiger partial charge in [0.05, 0.1) is 0 Å². The summed E-state index contributed by atoms with van der Waals surface area (Å²) in [5.41, 5.74) is 10.4. The van der Waals surface area contributed by atoms with Gasteiger partial charge in [-0.25, -0.2) is 4.98 Å². The maximum Gasteiger partial charge on any atom is 0.226 e. The number of hydrogen-bond donors (Lipinski definition) is 1. The summed E-state index contributed by atoms with van der Waals surface area (Å²) >= 11 is 0. The fraction of sp³-hybridized carbons (Fsp3) is 0.240. The summed E-state index contributed by atoms with van der Waals surface area (Å²) in [6.45, 7) is 4.49. The van der Waals surface area contributed by atoms with Crippen molar-refractivity contribution < 1.29 is 9.59 Å². The first-order chi connectivity index (χ1) is 14.5. The Balaban J connectivity index is 1.67. The van der Waals surface area contributed by atoms with Gasteiger partial charge in [0, 0.05) is 36.8 Å². The van der Waals surface area contributed by atoms with Crippen LogP contribution in [0.25, 0.3) is 11.1 Å². The van der Waals surface area contributed by atoms with Crippen LogP contribution >= 0.6 is 0 Å². The molecule has 0 saturated carbocycles. The molecule has 3 aromatic rings. The van der Waals surface area contributed by atoms with Crippen LogP contribution in [0.15, 0.2) is 66.9 Å². The van der Waals surface area contributed by atoms with Gasteiger partial charge in [0.2, 0.25) is 5.91 Å². The molecule has 0 unspecified atom stereocenters. The summed E-state index contributed by atoms with van der Waals surface area (Å²) in [6.07, 6.45) is 3.10. The fourth-order valence-electron chi connectivity index (χ4n) is 3.43. The number of amides is 1. The molecule has 0 aliphatic carbocycles. The van der Waals surface area contributed by atoms with Crippen LogP contribution in [-0.4, -0.2) is 23.2 Å². The number of carbonyl (C=O) groups is 2. The monoisotopic (exact) mass is 401 g/mol. The Morgan fingerprint density at radius 3 is 2.13 bits per heavy atom. The van der Waals surface area contributed by atoms with Crippen LogP contribution < -0.4 is 10.6 Å². The lowest BCUT2D eigenvalue weighted by Gasteiger charge is -2.20. The Morgan fingerprint density at radius 2 is 1.57 bits per heavy atom. The fourth-order valence-corrected chi connectivity index (χ4v) is 3.43. The smallest absolute Gasteiger partial charge is 0.226 e. The van der Waals surface area contributed by atoms with E-state index in [0.29, 0.717) is 37.2 Å². The van der Waals surface area contributed by atoms with Gasteiger partial charge in [0.25, 0.3) is 0 Å². The molecule has 0 aliphatic heterocycles. The number of Topliss-reactive ketones (excluding diaryl/α,β-unsaturated/α-hetero) is 1. The third-order valence-corrected chi connectivity index (χ3v) is 5.19. The lowest BCUT2D eigenvalue weighted by Crippen LogP contribution is -2.29. The van der Waals surface area contributed by atoms with Gasteiger partial charge < -0.3 is 10.6 Å². The molecule has 2 N–H and O–H groups in total. The van der Waals surface area contributed by atoms with Crippen molar-refractivity contribution >= 4 is 23.2 Å². The molecule has 1 aromatic heterocycles. The van der Waals surface area contributed by atoms with Gasteiger partial charge in [0.15, 0.2) is 5.78 Å². The molecule has 2 aromatic carbocycles. The molecule has 1 heterocycles. The predicted molar refractivity (Wildman–Crippen MR) is 121 cm³/mol. The number of nitrogens with two attached hydrogens (primary N) is 1. The maximum atomic E-state index is 12.5. The SMILES string of the molecule is CCC(=O)N(CC)c1ccc(-c2ccc(C(=O)CCc3cccnc3N)cc2)cc1. The summed E-state index contributed by atoms with van der Waals surface area (Å²) in [6, 6.07) is 19.3. The second-order valence-electron chi connectivity index (χ2n) is 7.09. The molecule has 0 fully saturated rings. The Labute approximate surface area is 177 Å². The van der Waals surface area contributed by atoms with Crippen LogP contribution in [0.4, 0.5) is 11.5 Å². The highest BCUT2D eigenvalue weighted by Gasteiger charge is 2.12. The van der Waals surface area contributed by atoms with Crippen molar-refractivity contribution in [3.8, 4) is 11.1 Å². The molecule has 5 nitrogen and oxygen atoms in total. The van der Waals surface area contributed by atoms with Gasteiger partial charge in [-0.15, -0.1) is 0 Å². The lowest BCUT2D eigenvalue weighted by molar-refractivity contribution is -0.118. The van der Waals surface area contributed by atoms with E-state index in [2.05, 4.69) is 4.98 Å². The minimum Gasteiger partial charge on any atom is -0.383 e. The summed E-state index contributed by atoms with van der Waals surface area (Å²) in [5, 5.41) is 0. The van der Waals surface area contributed by atoms with E-state index in [1.165, 1.54) is 0 Å². The number of hydrogen-bond acceptors (Lipinski definition) is 4. The number of nitrogen functional groups attached to an aromatic ring is 1. The topological polar surface area (TPSA) is 76.3 Å². The van der Waals surface area contributed by atoms with Crippen molar-refractivity contribution in [2.24, 2.45) is 0 Å². The Morgan fingerprint density at radius 1 is 0.933 bits per heavy atom. The minimum atomic E-state index is 0.0804. The number of rotatable bonds is 8. The van der Waals surface area contributed by atoms with E-state index in [1.807, 2.05) is 74.5 Å². The van der Waals surface area contributed by atoms with Crippen LogP contribution in [-0.2, 0) is 11.2 Å². The van der Waals surface area contributed by atoms with Crippen LogP contribution in [0.5, 0.6) is 0 Å². The average Bonchev–Trinajstić information content (AvgIpc) is 2.79. The first-order valence-electron chi connectivity index (χ1n) is 10.3. The Kier molecular flexibility index (Phi) is 6.96. The molecule has 5 heteroatoms. The zero-order valence-electron chi connectivity index (χ0n) is 17.5. The van der Waals surface area contributed by atoms with E-state index in [1.54, 1.807) is 11.1 Å². The van der Waals surface area contributed by atoms with Crippen molar-refractivity contribution in [1.29, 1.82) is 0 Å². The number of aryl methyl sites for hydroxylation is 1. The molecule has 0 atom stereocenters. The number of ketones is 1. The first-order valence-corrected chi connectivity index (χ1v) is 10.3. The summed E-state index contributed by atoms with van der Waals surface area (Å²) in [5.74, 6) is 0.671.